The first-order chi connectivity index (χ1) is 14.8. The third-order valence-corrected chi connectivity index (χ3v) is 6.12. The number of benzene rings is 3. The summed E-state index contributed by atoms with van der Waals surface area (Å²) < 4.78 is 38.1. The number of nitrogens with one attached hydrogen (secondary N) is 2. The zero-order valence-electron chi connectivity index (χ0n) is 17.5. The maximum absolute atomic E-state index is 12.5. The molecule has 1 amide bonds. The van der Waals surface area contributed by atoms with Gasteiger partial charge >= 0.3 is 0 Å². The maximum Gasteiger partial charge on any atom is 0.262 e. The summed E-state index contributed by atoms with van der Waals surface area (Å²) in [7, 11) is -2.22. The number of carbonyl (C=O) groups is 1. The minimum atomic E-state index is -3.76. The van der Waals surface area contributed by atoms with Crippen LogP contribution >= 0.6 is 0 Å². The van der Waals surface area contributed by atoms with Crippen molar-refractivity contribution < 1.29 is 22.7 Å². The van der Waals surface area contributed by atoms with Gasteiger partial charge in [-0.05, 0) is 79.6 Å². The molecule has 0 unspecified atom stereocenters. The van der Waals surface area contributed by atoms with Gasteiger partial charge in [0.25, 0.3) is 15.9 Å². The zero-order chi connectivity index (χ0) is 22.4. The summed E-state index contributed by atoms with van der Waals surface area (Å²) in [4.78, 5) is 12.3. The minimum absolute atomic E-state index is 0.0792. The van der Waals surface area contributed by atoms with Crippen LogP contribution in [0.3, 0.4) is 0 Å². The average molecular weight is 441 g/mol. The summed E-state index contributed by atoms with van der Waals surface area (Å²) in [5.74, 6) is 0.720. The largest absolute Gasteiger partial charge is 0.497 e. The second-order valence-corrected chi connectivity index (χ2v) is 8.57. The fourth-order valence-corrected chi connectivity index (χ4v) is 3.87. The van der Waals surface area contributed by atoms with Crippen LogP contribution in [0.5, 0.6) is 11.5 Å². The summed E-state index contributed by atoms with van der Waals surface area (Å²) >= 11 is 0. The Kier molecular flexibility index (Phi) is 6.81. The fraction of sp³-hybridized carbons (Fsp3) is 0.174. The predicted molar refractivity (Wildman–Crippen MR) is 120 cm³/mol. The number of ether oxygens (including phenoxy) is 2. The van der Waals surface area contributed by atoms with Gasteiger partial charge < -0.3 is 14.8 Å². The highest BCUT2D eigenvalue weighted by Crippen LogP contribution is 2.22. The van der Waals surface area contributed by atoms with Crippen molar-refractivity contribution in [3.05, 3.63) is 77.9 Å². The molecule has 0 radical (unpaired) electrons. The molecule has 0 spiro atoms. The summed E-state index contributed by atoms with van der Waals surface area (Å²) in [6, 6.07) is 18.1. The van der Waals surface area contributed by atoms with Gasteiger partial charge in [-0.15, -0.1) is 0 Å². The number of anilines is 2. The van der Waals surface area contributed by atoms with Gasteiger partial charge in [-0.3, -0.25) is 9.52 Å². The Morgan fingerprint density at radius 3 is 2.19 bits per heavy atom. The normalized spacial score (nSPS) is 10.9. The summed E-state index contributed by atoms with van der Waals surface area (Å²) in [6.07, 6.45) is 0. The first kappa shape index (κ1) is 22.2. The van der Waals surface area contributed by atoms with Gasteiger partial charge in [0.15, 0.2) is 6.61 Å². The lowest BCUT2D eigenvalue weighted by Crippen LogP contribution is -2.20. The Labute approximate surface area is 182 Å². The van der Waals surface area contributed by atoms with E-state index >= 15 is 0 Å². The molecule has 3 aromatic carbocycles. The molecule has 0 aliphatic rings. The number of carbonyl (C=O) groups excluding carboxylic acids is 1. The van der Waals surface area contributed by atoms with Gasteiger partial charge in [-0.25, -0.2) is 8.42 Å². The van der Waals surface area contributed by atoms with E-state index in [9.17, 15) is 13.2 Å². The van der Waals surface area contributed by atoms with E-state index in [1.807, 2.05) is 32.0 Å². The summed E-state index contributed by atoms with van der Waals surface area (Å²) in [5, 5.41) is 2.81. The van der Waals surface area contributed by atoms with Crippen LogP contribution in [0, 0.1) is 13.8 Å². The first-order valence-electron chi connectivity index (χ1n) is 9.54. The lowest BCUT2D eigenvalue weighted by atomic mass is 10.1. The van der Waals surface area contributed by atoms with E-state index in [2.05, 4.69) is 10.0 Å². The summed E-state index contributed by atoms with van der Waals surface area (Å²) in [5.41, 5.74) is 3.23. The molecule has 0 aromatic heterocycles. The molecule has 0 fully saturated rings. The molecule has 0 saturated heterocycles. The highest BCUT2D eigenvalue weighted by atomic mass is 32.2. The average Bonchev–Trinajstić information content (AvgIpc) is 2.76. The number of rotatable bonds is 8. The van der Waals surface area contributed by atoms with Crippen LogP contribution in [0.4, 0.5) is 11.4 Å². The van der Waals surface area contributed by atoms with E-state index in [1.54, 1.807) is 24.3 Å². The van der Waals surface area contributed by atoms with E-state index in [0.29, 0.717) is 17.2 Å². The third kappa shape index (κ3) is 5.76. The van der Waals surface area contributed by atoms with Crippen molar-refractivity contribution in [2.24, 2.45) is 0 Å². The molecule has 2 N–H and O–H groups in total. The standard InChI is InChI=1S/C23H24N2O5S/c1-16-5-4-6-22(17(16)2)24-23(26)15-30-20-11-13-21(14-12-20)31(27,28)25-18-7-9-19(29-3)10-8-18/h4-14,25H,15H2,1-3H3,(H,24,26). The van der Waals surface area contributed by atoms with Crippen LogP contribution in [-0.2, 0) is 14.8 Å². The Balaban J connectivity index is 1.58. The number of hydrogen-bond donors (Lipinski definition) is 2. The van der Waals surface area contributed by atoms with E-state index in [1.165, 1.54) is 31.4 Å². The fourth-order valence-electron chi connectivity index (χ4n) is 2.81. The monoisotopic (exact) mass is 440 g/mol. The molecule has 0 aliphatic carbocycles. The third-order valence-electron chi connectivity index (χ3n) is 4.72. The Morgan fingerprint density at radius 2 is 1.55 bits per heavy atom. The number of hydrogen-bond acceptors (Lipinski definition) is 5. The van der Waals surface area contributed by atoms with Crippen LogP contribution in [0.15, 0.2) is 71.6 Å². The Morgan fingerprint density at radius 1 is 0.903 bits per heavy atom. The van der Waals surface area contributed by atoms with Crippen molar-refractivity contribution in [1.82, 2.24) is 0 Å². The SMILES string of the molecule is COc1ccc(NS(=O)(=O)c2ccc(OCC(=O)Nc3cccc(C)c3C)cc2)cc1. The smallest absolute Gasteiger partial charge is 0.262 e. The topological polar surface area (TPSA) is 93.7 Å². The number of sulfonamides is 1. The highest BCUT2D eigenvalue weighted by Gasteiger charge is 2.15. The molecule has 162 valence electrons. The van der Waals surface area contributed by atoms with Gasteiger partial charge in [0.1, 0.15) is 11.5 Å². The second kappa shape index (κ2) is 9.53. The number of aryl methyl sites for hydroxylation is 1. The van der Waals surface area contributed by atoms with Crippen LogP contribution < -0.4 is 19.5 Å². The van der Waals surface area contributed by atoms with Crippen LogP contribution in [0.2, 0.25) is 0 Å². The second-order valence-electron chi connectivity index (χ2n) is 6.89. The minimum Gasteiger partial charge on any atom is -0.497 e. The van der Waals surface area contributed by atoms with Crippen molar-refractivity contribution in [1.29, 1.82) is 0 Å². The molecule has 7 nitrogen and oxygen atoms in total. The Hall–Kier alpha value is -3.52. The zero-order valence-corrected chi connectivity index (χ0v) is 18.3. The van der Waals surface area contributed by atoms with E-state index in [0.717, 1.165) is 16.8 Å². The van der Waals surface area contributed by atoms with Gasteiger partial charge in [0.2, 0.25) is 0 Å². The molecule has 0 bridgehead atoms. The Bertz CT molecular complexity index is 1160. The molecule has 0 atom stereocenters. The molecule has 0 aliphatic heterocycles. The van der Waals surface area contributed by atoms with Gasteiger partial charge in [0.05, 0.1) is 12.0 Å². The van der Waals surface area contributed by atoms with Crippen molar-refractivity contribution in [3.63, 3.8) is 0 Å². The molecule has 8 heteroatoms. The number of amides is 1. The highest BCUT2D eigenvalue weighted by molar-refractivity contribution is 7.92. The molecule has 0 saturated carbocycles. The van der Waals surface area contributed by atoms with Gasteiger partial charge in [0, 0.05) is 11.4 Å². The van der Waals surface area contributed by atoms with E-state index < -0.39 is 10.0 Å². The lowest BCUT2D eigenvalue weighted by molar-refractivity contribution is -0.118. The van der Waals surface area contributed by atoms with Gasteiger partial charge in [-0.1, -0.05) is 12.1 Å². The number of methoxy groups -OCH3 is 1. The molecule has 31 heavy (non-hydrogen) atoms. The van der Waals surface area contributed by atoms with Crippen LogP contribution in [0.1, 0.15) is 11.1 Å². The van der Waals surface area contributed by atoms with Crippen molar-refractivity contribution in [2.75, 3.05) is 23.8 Å². The first-order valence-corrected chi connectivity index (χ1v) is 11.0. The van der Waals surface area contributed by atoms with Crippen LogP contribution in [-0.4, -0.2) is 28.0 Å². The van der Waals surface area contributed by atoms with Gasteiger partial charge in [-0.2, -0.15) is 0 Å². The van der Waals surface area contributed by atoms with Crippen LogP contribution in [0.25, 0.3) is 0 Å². The molecular weight excluding hydrogens is 416 g/mol. The van der Waals surface area contributed by atoms with Crippen molar-refractivity contribution >= 4 is 27.3 Å². The quantitative estimate of drug-likeness (QED) is 0.549. The predicted octanol–water partition coefficient (Wildman–Crippen LogP) is 4.13. The lowest BCUT2D eigenvalue weighted by Gasteiger charge is -2.12. The van der Waals surface area contributed by atoms with Crippen molar-refractivity contribution in [3.8, 4) is 11.5 Å². The molecule has 0 heterocycles. The molecule has 3 rings (SSSR count). The van der Waals surface area contributed by atoms with E-state index in [4.69, 9.17) is 9.47 Å². The summed E-state index contributed by atoms with van der Waals surface area (Å²) in [6.45, 7) is 3.72. The van der Waals surface area contributed by atoms with Crippen molar-refractivity contribution in [2.45, 2.75) is 18.7 Å². The maximum atomic E-state index is 12.5. The molecule has 3 aromatic rings. The van der Waals surface area contributed by atoms with E-state index in [-0.39, 0.29) is 17.4 Å². The molecular formula is C23H24N2O5S.